The fourth-order valence-corrected chi connectivity index (χ4v) is 1.54. The van der Waals surface area contributed by atoms with Gasteiger partial charge in [-0.1, -0.05) is 0 Å². The minimum atomic E-state index is -0.268. The third-order valence-corrected chi connectivity index (χ3v) is 2.55. The monoisotopic (exact) mass is 253 g/mol. The number of carbonyl (C=O) groups is 1. The van der Waals surface area contributed by atoms with Crippen LogP contribution in [0.3, 0.4) is 0 Å². The Morgan fingerprint density at radius 1 is 1.50 bits per heavy atom. The number of ether oxygens (including phenoxy) is 1. The van der Waals surface area contributed by atoms with E-state index >= 15 is 0 Å². The summed E-state index contributed by atoms with van der Waals surface area (Å²) >= 11 is 0. The van der Waals surface area contributed by atoms with Gasteiger partial charge in [-0.3, -0.25) is 9.59 Å². The summed E-state index contributed by atoms with van der Waals surface area (Å²) in [6.07, 6.45) is 3.47. The average Bonchev–Trinajstić information content (AvgIpc) is 2.36. The van der Waals surface area contributed by atoms with Crippen LogP contribution in [0.4, 0.5) is 5.82 Å². The summed E-state index contributed by atoms with van der Waals surface area (Å²) in [5.74, 6) is 0.0831. The van der Waals surface area contributed by atoms with Crippen molar-refractivity contribution in [2.75, 3.05) is 25.1 Å². The quantitative estimate of drug-likeness (QED) is 0.697. The first-order valence-corrected chi connectivity index (χ1v) is 6.02. The lowest BCUT2D eigenvalue weighted by Gasteiger charge is -2.17. The van der Waals surface area contributed by atoms with Crippen LogP contribution >= 0.6 is 0 Å². The molecule has 0 aliphatic rings. The number of aryl methyl sites for hydroxylation is 1. The van der Waals surface area contributed by atoms with E-state index in [9.17, 15) is 9.59 Å². The molecule has 0 aliphatic carbocycles. The molecule has 6 nitrogen and oxygen atoms in total. The van der Waals surface area contributed by atoms with Gasteiger partial charge in [0.15, 0.2) is 5.82 Å². The maximum Gasteiger partial charge on any atom is 0.307 e. The first kappa shape index (κ1) is 14.2. The smallest absolute Gasteiger partial charge is 0.307 e. The molecule has 0 N–H and O–H groups in total. The van der Waals surface area contributed by atoms with E-state index in [-0.39, 0.29) is 17.9 Å². The van der Waals surface area contributed by atoms with E-state index in [4.69, 9.17) is 4.74 Å². The minimum Gasteiger partial charge on any atom is -0.466 e. The van der Waals surface area contributed by atoms with Crippen molar-refractivity contribution in [3.8, 4) is 0 Å². The molecule has 1 heterocycles. The van der Waals surface area contributed by atoms with Gasteiger partial charge in [0.1, 0.15) is 0 Å². The molecule has 0 saturated carbocycles. The Kier molecular flexibility index (Phi) is 5.35. The lowest BCUT2D eigenvalue weighted by Crippen LogP contribution is -2.31. The average molecular weight is 253 g/mol. The zero-order chi connectivity index (χ0) is 13.5. The molecule has 18 heavy (non-hydrogen) atoms. The van der Waals surface area contributed by atoms with Crippen LogP contribution in [0.5, 0.6) is 0 Å². The van der Waals surface area contributed by atoms with E-state index < -0.39 is 0 Å². The lowest BCUT2D eigenvalue weighted by atomic mass is 10.4. The summed E-state index contributed by atoms with van der Waals surface area (Å²) in [5, 5.41) is 0. The Bertz CT molecular complexity index is 456. The van der Waals surface area contributed by atoms with Crippen molar-refractivity contribution in [2.45, 2.75) is 26.8 Å². The Morgan fingerprint density at radius 2 is 2.22 bits per heavy atom. The van der Waals surface area contributed by atoms with Crippen molar-refractivity contribution in [1.82, 2.24) is 9.55 Å². The van der Waals surface area contributed by atoms with Gasteiger partial charge in [-0.05, 0) is 13.8 Å². The molecule has 1 aromatic rings. The maximum absolute atomic E-state index is 12.0. The highest BCUT2D eigenvalue weighted by Crippen LogP contribution is 2.02. The minimum absolute atomic E-state index is 0.147. The third-order valence-electron chi connectivity index (χ3n) is 2.55. The zero-order valence-corrected chi connectivity index (χ0v) is 11.0. The van der Waals surface area contributed by atoms with Crippen molar-refractivity contribution >= 4 is 11.8 Å². The summed E-state index contributed by atoms with van der Waals surface area (Å²) in [6, 6.07) is 0. The van der Waals surface area contributed by atoms with Gasteiger partial charge in [-0.15, -0.1) is 0 Å². The summed E-state index contributed by atoms with van der Waals surface area (Å²) in [7, 11) is 1.74. The Hall–Kier alpha value is -1.85. The molecule has 0 saturated heterocycles. The summed E-state index contributed by atoms with van der Waals surface area (Å²) in [4.78, 5) is 28.9. The van der Waals surface area contributed by atoms with Crippen molar-refractivity contribution in [1.29, 1.82) is 0 Å². The van der Waals surface area contributed by atoms with E-state index in [0.717, 1.165) is 0 Å². The predicted molar refractivity (Wildman–Crippen MR) is 68.7 cm³/mol. The molecular weight excluding hydrogens is 234 g/mol. The van der Waals surface area contributed by atoms with Crippen molar-refractivity contribution in [3.05, 3.63) is 22.7 Å². The Balaban J connectivity index is 2.70. The van der Waals surface area contributed by atoms with Crippen LogP contribution < -0.4 is 10.5 Å². The van der Waals surface area contributed by atoms with Crippen LogP contribution in [-0.4, -0.2) is 35.7 Å². The first-order valence-electron chi connectivity index (χ1n) is 6.02. The highest BCUT2D eigenvalue weighted by molar-refractivity contribution is 5.70. The van der Waals surface area contributed by atoms with Crippen molar-refractivity contribution < 1.29 is 9.53 Å². The lowest BCUT2D eigenvalue weighted by molar-refractivity contribution is -0.142. The number of rotatable bonds is 6. The maximum atomic E-state index is 12.0. The number of hydrogen-bond acceptors (Lipinski definition) is 5. The second-order valence-electron chi connectivity index (χ2n) is 3.82. The van der Waals surface area contributed by atoms with Crippen molar-refractivity contribution in [2.24, 2.45) is 0 Å². The molecule has 0 aromatic carbocycles. The molecule has 6 heteroatoms. The Morgan fingerprint density at radius 3 is 2.83 bits per heavy atom. The normalized spacial score (nSPS) is 10.2. The number of esters is 1. The molecule has 100 valence electrons. The van der Waals surface area contributed by atoms with E-state index in [0.29, 0.717) is 25.5 Å². The van der Waals surface area contributed by atoms with E-state index in [1.54, 1.807) is 35.8 Å². The SMILES string of the molecule is CCOC(=O)CCN(C)c1nccn(CC)c1=O. The van der Waals surface area contributed by atoms with Gasteiger partial charge < -0.3 is 14.2 Å². The van der Waals surface area contributed by atoms with Crippen LogP contribution in [0.15, 0.2) is 17.2 Å². The standard InChI is InChI=1S/C12H19N3O3/c1-4-15-9-7-13-11(12(15)17)14(3)8-6-10(16)18-5-2/h7,9H,4-6,8H2,1-3H3. The molecular formula is C12H19N3O3. The van der Waals surface area contributed by atoms with E-state index in [1.165, 1.54) is 0 Å². The molecule has 0 aliphatic heterocycles. The molecule has 0 radical (unpaired) electrons. The molecule has 0 atom stereocenters. The molecule has 0 spiro atoms. The topological polar surface area (TPSA) is 64.4 Å². The number of anilines is 1. The Labute approximate surface area is 106 Å². The van der Waals surface area contributed by atoms with Crippen LogP contribution in [-0.2, 0) is 16.1 Å². The molecule has 1 rings (SSSR count). The van der Waals surface area contributed by atoms with E-state index in [1.807, 2.05) is 6.92 Å². The van der Waals surface area contributed by atoms with Crippen LogP contribution in [0.25, 0.3) is 0 Å². The van der Waals surface area contributed by atoms with Crippen LogP contribution in [0, 0.1) is 0 Å². The van der Waals surface area contributed by atoms with Crippen LogP contribution in [0.1, 0.15) is 20.3 Å². The highest BCUT2D eigenvalue weighted by Gasteiger charge is 2.11. The van der Waals surface area contributed by atoms with Crippen LogP contribution in [0.2, 0.25) is 0 Å². The largest absolute Gasteiger partial charge is 0.466 e. The molecule has 0 bridgehead atoms. The summed E-state index contributed by atoms with van der Waals surface area (Å²) in [5.41, 5.74) is -0.147. The van der Waals surface area contributed by atoms with E-state index in [2.05, 4.69) is 4.98 Å². The third kappa shape index (κ3) is 3.58. The highest BCUT2D eigenvalue weighted by atomic mass is 16.5. The fourth-order valence-electron chi connectivity index (χ4n) is 1.54. The van der Waals surface area contributed by atoms with Gasteiger partial charge >= 0.3 is 5.97 Å². The summed E-state index contributed by atoms with van der Waals surface area (Å²) < 4.78 is 6.41. The molecule has 0 amide bonds. The molecule has 0 unspecified atom stereocenters. The van der Waals surface area contributed by atoms with Gasteiger partial charge in [-0.25, -0.2) is 4.98 Å². The van der Waals surface area contributed by atoms with Gasteiger partial charge in [0.2, 0.25) is 0 Å². The number of hydrogen-bond donors (Lipinski definition) is 0. The number of aromatic nitrogens is 2. The fraction of sp³-hybridized carbons (Fsp3) is 0.583. The van der Waals surface area contributed by atoms with Crippen molar-refractivity contribution in [3.63, 3.8) is 0 Å². The predicted octanol–water partition coefficient (Wildman–Crippen LogP) is 0.653. The second-order valence-corrected chi connectivity index (χ2v) is 3.82. The first-order chi connectivity index (χ1) is 8.60. The molecule has 1 aromatic heterocycles. The van der Waals surface area contributed by atoms with Gasteiger partial charge in [-0.2, -0.15) is 0 Å². The number of carbonyl (C=O) groups excluding carboxylic acids is 1. The number of nitrogens with zero attached hydrogens (tertiary/aromatic N) is 3. The molecule has 0 fully saturated rings. The zero-order valence-electron chi connectivity index (χ0n) is 11.0. The van der Waals surface area contributed by atoms with Gasteiger partial charge in [0.05, 0.1) is 13.0 Å². The van der Waals surface area contributed by atoms with Gasteiger partial charge in [0.25, 0.3) is 5.56 Å². The second kappa shape index (κ2) is 6.78. The summed E-state index contributed by atoms with van der Waals surface area (Å²) in [6.45, 7) is 5.04. The van der Waals surface area contributed by atoms with Gasteiger partial charge in [0, 0.05) is 32.5 Å².